The van der Waals surface area contributed by atoms with Crippen molar-refractivity contribution in [3.05, 3.63) is 224 Å². The molecule has 13 aromatic rings. The zero-order valence-corrected chi connectivity index (χ0v) is 33.2. The van der Waals surface area contributed by atoms with E-state index in [1.54, 1.807) is 0 Å². The van der Waals surface area contributed by atoms with Crippen LogP contribution in [0.4, 0.5) is 0 Å². The van der Waals surface area contributed by atoms with Crippen molar-refractivity contribution >= 4 is 76.2 Å². The molecule has 3 heteroatoms. The van der Waals surface area contributed by atoms with Crippen molar-refractivity contribution in [1.29, 1.82) is 0 Å². The van der Waals surface area contributed by atoms with E-state index >= 15 is 0 Å². The highest BCUT2D eigenvalue weighted by molar-refractivity contribution is 6.26. The number of hydrogen-bond acceptors (Lipinski definition) is 0. The summed E-state index contributed by atoms with van der Waals surface area (Å²) in [5, 5.41) is 9.95. The Morgan fingerprint density at radius 1 is 0.246 bits per heavy atom. The fraction of sp³-hybridized carbons (Fsp3) is 0. The van der Waals surface area contributed by atoms with Crippen molar-refractivity contribution < 1.29 is 0 Å². The minimum absolute atomic E-state index is 1.14. The zero-order chi connectivity index (χ0) is 40.0. The molecule has 3 heterocycles. The van der Waals surface area contributed by atoms with Gasteiger partial charge < -0.3 is 13.7 Å². The highest BCUT2D eigenvalue weighted by Crippen LogP contribution is 2.44. The molecule has 0 bridgehead atoms. The molecule has 10 aromatic carbocycles. The van der Waals surface area contributed by atoms with E-state index in [4.69, 9.17) is 0 Å². The quantitative estimate of drug-likeness (QED) is 0.165. The van der Waals surface area contributed by atoms with Crippen LogP contribution in [0.1, 0.15) is 0 Å². The lowest BCUT2D eigenvalue weighted by Gasteiger charge is -2.12. The molecule has 0 saturated heterocycles. The zero-order valence-electron chi connectivity index (χ0n) is 33.2. The Bertz CT molecular complexity index is 3840. The van der Waals surface area contributed by atoms with Gasteiger partial charge in [0.2, 0.25) is 0 Å². The van der Waals surface area contributed by atoms with E-state index in [2.05, 4.69) is 238 Å². The predicted molar refractivity (Wildman–Crippen MR) is 258 cm³/mol. The number of hydrogen-bond donors (Lipinski definition) is 0. The molecule has 0 fully saturated rings. The molecular weight excluding hydrogens is 739 g/mol. The summed E-state index contributed by atoms with van der Waals surface area (Å²) in [6, 6.07) is 82.2. The molecule has 3 aromatic heterocycles. The van der Waals surface area contributed by atoms with Crippen molar-refractivity contribution in [3.63, 3.8) is 0 Å². The average molecular weight is 776 g/mol. The van der Waals surface area contributed by atoms with Crippen LogP contribution in [0, 0.1) is 0 Å². The largest absolute Gasteiger partial charge is 0.309 e. The lowest BCUT2D eigenvalue weighted by atomic mass is 10.00. The summed E-state index contributed by atoms with van der Waals surface area (Å²) in [7, 11) is 0. The van der Waals surface area contributed by atoms with Gasteiger partial charge in [0.25, 0.3) is 0 Å². The Morgan fingerprint density at radius 3 is 1.51 bits per heavy atom. The lowest BCUT2D eigenvalue weighted by Crippen LogP contribution is -1.95. The molecule has 3 nitrogen and oxygen atoms in total. The second-order valence-electron chi connectivity index (χ2n) is 16.1. The second kappa shape index (κ2) is 13.2. The molecule has 61 heavy (non-hydrogen) atoms. The molecule has 13 rings (SSSR count). The van der Waals surface area contributed by atoms with Gasteiger partial charge in [-0.05, 0) is 100 Å². The molecule has 0 aliphatic heterocycles. The first-order chi connectivity index (χ1) is 30.3. The van der Waals surface area contributed by atoms with Crippen LogP contribution < -0.4 is 0 Å². The van der Waals surface area contributed by atoms with E-state index in [1.807, 2.05) is 0 Å². The molecule has 284 valence electrons. The van der Waals surface area contributed by atoms with Gasteiger partial charge in [0.05, 0.1) is 38.8 Å². The van der Waals surface area contributed by atoms with Gasteiger partial charge >= 0.3 is 0 Å². The summed E-state index contributed by atoms with van der Waals surface area (Å²) in [6.45, 7) is 0. The predicted octanol–water partition coefficient (Wildman–Crippen LogP) is 15.5. The molecule has 0 amide bonds. The number of rotatable bonds is 5. The summed E-state index contributed by atoms with van der Waals surface area (Å²) in [5.41, 5.74) is 15.5. The maximum absolute atomic E-state index is 2.49. The van der Waals surface area contributed by atoms with Crippen molar-refractivity contribution in [2.45, 2.75) is 0 Å². The molecule has 0 saturated carbocycles. The highest BCUT2D eigenvalue weighted by Gasteiger charge is 2.22. The SMILES string of the molecule is c1ccc(-c2ccc(-n3c4ccc(-c5ccc6c(c5)c5ccccc5n6-c5cccc6ccccc56)cc4c4ccc5c(c6ccccc6n5-c5ccccc5)c43)cc2)cc1. The molecule has 0 radical (unpaired) electrons. The van der Waals surface area contributed by atoms with Gasteiger partial charge in [-0.3, -0.25) is 0 Å². The molecule has 0 unspecified atom stereocenters. The minimum atomic E-state index is 1.14. The van der Waals surface area contributed by atoms with Crippen LogP contribution in [0.3, 0.4) is 0 Å². The van der Waals surface area contributed by atoms with E-state index in [0.29, 0.717) is 0 Å². The van der Waals surface area contributed by atoms with Crippen LogP contribution in [0.15, 0.2) is 224 Å². The van der Waals surface area contributed by atoms with Crippen LogP contribution in [0.25, 0.3) is 116 Å². The summed E-state index contributed by atoms with van der Waals surface area (Å²) in [4.78, 5) is 0. The summed E-state index contributed by atoms with van der Waals surface area (Å²) in [6.07, 6.45) is 0. The second-order valence-corrected chi connectivity index (χ2v) is 16.1. The number of benzene rings is 10. The first kappa shape index (κ1) is 33.8. The van der Waals surface area contributed by atoms with E-state index in [1.165, 1.54) is 104 Å². The molecular formula is C58H37N3. The summed E-state index contributed by atoms with van der Waals surface area (Å²) < 4.78 is 7.35. The maximum atomic E-state index is 2.49. The van der Waals surface area contributed by atoms with Crippen LogP contribution in [-0.2, 0) is 0 Å². The van der Waals surface area contributed by atoms with Crippen molar-refractivity contribution in [1.82, 2.24) is 13.7 Å². The van der Waals surface area contributed by atoms with E-state index in [-0.39, 0.29) is 0 Å². The third-order valence-corrected chi connectivity index (χ3v) is 12.8. The van der Waals surface area contributed by atoms with Crippen molar-refractivity contribution in [2.24, 2.45) is 0 Å². The Labute approximate surface area is 352 Å². The average Bonchev–Trinajstić information content (AvgIpc) is 3.97. The van der Waals surface area contributed by atoms with Crippen LogP contribution in [-0.4, -0.2) is 13.7 Å². The van der Waals surface area contributed by atoms with Gasteiger partial charge in [0.15, 0.2) is 0 Å². The topological polar surface area (TPSA) is 14.8 Å². The van der Waals surface area contributed by atoms with Gasteiger partial charge in [-0.2, -0.15) is 0 Å². The third kappa shape index (κ3) is 5.04. The van der Waals surface area contributed by atoms with Gasteiger partial charge in [0.1, 0.15) is 0 Å². The Kier molecular flexibility index (Phi) is 7.31. The maximum Gasteiger partial charge on any atom is 0.0641 e. The van der Waals surface area contributed by atoms with Crippen LogP contribution >= 0.6 is 0 Å². The first-order valence-electron chi connectivity index (χ1n) is 21.0. The number of fused-ring (bicyclic) bond motifs is 11. The van der Waals surface area contributed by atoms with Gasteiger partial charge in [-0.15, -0.1) is 0 Å². The van der Waals surface area contributed by atoms with Crippen molar-refractivity contribution in [3.8, 4) is 39.3 Å². The highest BCUT2D eigenvalue weighted by atomic mass is 15.0. The summed E-state index contributed by atoms with van der Waals surface area (Å²) in [5.74, 6) is 0. The fourth-order valence-corrected chi connectivity index (χ4v) is 10.1. The van der Waals surface area contributed by atoms with Gasteiger partial charge in [-0.25, -0.2) is 0 Å². The van der Waals surface area contributed by atoms with E-state index in [0.717, 1.165) is 11.4 Å². The lowest BCUT2D eigenvalue weighted by molar-refractivity contribution is 1.17. The Balaban J connectivity index is 1.06. The fourth-order valence-electron chi connectivity index (χ4n) is 10.1. The number of aromatic nitrogens is 3. The number of para-hydroxylation sites is 3. The van der Waals surface area contributed by atoms with Crippen LogP contribution in [0.2, 0.25) is 0 Å². The van der Waals surface area contributed by atoms with Gasteiger partial charge in [0, 0.05) is 49.1 Å². The van der Waals surface area contributed by atoms with Gasteiger partial charge in [-0.1, -0.05) is 152 Å². The smallest absolute Gasteiger partial charge is 0.0641 e. The standard InChI is InChI=1S/C58H37N3/c1-3-14-38(15-4-1)39-26-30-44(31-27-39)60-54-33-28-42(37-50(54)47-32-35-56-57(58(47)60)48-22-10-12-24-53(48)59(56)43-18-5-2-6-19-43)41-29-34-55-49(36-41)46-21-9-11-23-52(46)61(55)51-25-13-17-40-16-7-8-20-45(40)51/h1-37H. The minimum Gasteiger partial charge on any atom is -0.309 e. The molecule has 0 atom stereocenters. The Hall–Kier alpha value is -8.14. The molecule has 0 N–H and O–H groups in total. The van der Waals surface area contributed by atoms with Crippen LogP contribution in [0.5, 0.6) is 0 Å². The monoisotopic (exact) mass is 775 g/mol. The number of nitrogens with zero attached hydrogens (tertiary/aromatic N) is 3. The van der Waals surface area contributed by atoms with E-state index in [9.17, 15) is 0 Å². The molecule has 0 aliphatic rings. The summed E-state index contributed by atoms with van der Waals surface area (Å²) >= 11 is 0. The molecule has 0 spiro atoms. The normalized spacial score (nSPS) is 11.9. The third-order valence-electron chi connectivity index (χ3n) is 12.8. The Morgan fingerprint density at radius 2 is 0.754 bits per heavy atom. The molecule has 0 aliphatic carbocycles. The van der Waals surface area contributed by atoms with E-state index < -0.39 is 0 Å². The first-order valence-corrected chi connectivity index (χ1v) is 21.0. The van der Waals surface area contributed by atoms with Crippen molar-refractivity contribution in [2.75, 3.05) is 0 Å².